The molecule has 7 heteroatoms. The molecule has 1 aromatic carbocycles. The van der Waals surface area contributed by atoms with Crippen LogP contribution in [0.1, 0.15) is 38.6 Å². The molecule has 0 spiro atoms. The molecular formula is C21H31BrN4O2. The highest BCUT2D eigenvalue weighted by atomic mass is 79.9. The van der Waals surface area contributed by atoms with Crippen LogP contribution in [0.4, 0.5) is 0 Å². The molecule has 1 N–H and O–H groups in total. The summed E-state index contributed by atoms with van der Waals surface area (Å²) in [5.41, 5.74) is 0.773. The zero-order valence-corrected chi connectivity index (χ0v) is 18.7. The van der Waals surface area contributed by atoms with Crippen molar-refractivity contribution in [2.75, 3.05) is 39.8 Å². The molecule has 0 amide bonds. The number of nitrogens with zero attached hydrogens (tertiary/aromatic N) is 4. The standard InChI is InChI=1S/C21H31BrN4O2/c1-4-6-19(25-10-9-24(3)12-15(13-25)14-27)20-23-18-8-7-16(22)11-17(18)21(28)26(20)5-2/h7-8,11,15,19,27H,4-6,9-10,12-14H2,1-3H3/t15-,19-/m1/s1. The summed E-state index contributed by atoms with van der Waals surface area (Å²) in [5.74, 6) is 1.07. The van der Waals surface area contributed by atoms with Crippen LogP contribution in [0.5, 0.6) is 0 Å². The Labute approximate surface area is 175 Å². The molecule has 2 heterocycles. The Morgan fingerprint density at radius 2 is 2.07 bits per heavy atom. The lowest BCUT2D eigenvalue weighted by Gasteiger charge is -2.33. The number of halogens is 1. The molecule has 0 aliphatic carbocycles. The summed E-state index contributed by atoms with van der Waals surface area (Å²) in [7, 11) is 2.11. The van der Waals surface area contributed by atoms with Crippen LogP contribution in [0.3, 0.4) is 0 Å². The van der Waals surface area contributed by atoms with Gasteiger partial charge in [0.1, 0.15) is 5.82 Å². The van der Waals surface area contributed by atoms with E-state index in [9.17, 15) is 9.90 Å². The van der Waals surface area contributed by atoms with E-state index in [1.54, 1.807) is 0 Å². The van der Waals surface area contributed by atoms with Gasteiger partial charge in [0.15, 0.2) is 0 Å². The van der Waals surface area contributed by atoms with Crippen LogP contribution in [0.15, 0.2) is 27.5 Å². The van der Waals surface area contributed by atoms with E-state index < -0.39 is 0 Å². The molecule has 1 fully saturated rings. The number of aromatic nitrogens is 2. The topological polar surface area (TPSA) is 61.6 Å². The highest BCUT2D eigenvalue weighted by Crippen LogP contribution is 2.28. The van der Waals surface area contributed by atoms with Crippen LogP contribution in [0.2, 0.25) is 0 Å². The molecule has 6 nitrogen and oxygen atoms in total. The average molecular weight is 451 g/mol. The van der Waals surface area contributed by atoms with E-state index in [1.807, 2.05) is 29.7 Å². The number of aliphatic hydroxyl groups is 1. The van der Waals surface area contributed by atoms with E-state index in [2.05, 4.69) is 39.7 Å². The van der Waals surface area contributed by atoms with Crippen LogP contribution in [-0.4, -0.2) is 64.3 Å². The summed E-state index contributed by atoms with van der Waals surface area (Å²) in [5, 5.41) is 10.5. The summed E-state index contributed by atoms with van der Waals surface area (Å²) in [6.07, 6.45) is 1.95. The van der Waals surface area contributed by atoms with Crippen molar-refractivity contribution in [3.8, 4) is 0 Å². The summed E-state index contributed by atoms with van der Waals surface area (Å²) >= 11 is 3.46. The van der Waals surface area contributed by atoms with Gasteiger partial charge >= 0.3 is 0 Å². The summed E-state index contributed by atoms with van der Waals surface area (Å²) in [6.45, 7) is 8.54. The Morgan fingerprint density at radius 3 is 2.75 bits per heavy atom. The molecule has 2 aromatic rings. The van der Waals surface area contributed by atoms with Crippen LogP contribution >= 0.6 is 15.9 Å². The lowest BCUT2D eigenvalue weighted by molar-refractivity contribution is 0.133. The zero-order chi connectivity index (χ0) is 20.3. The van der Waals surface area contributed by atoms with Gasteiger partial charge in [0.05, 0.1) is 16.9 Å². The minimum atomic E-state index is 0.0237. The van der Waals surface area contributed by atoms with Gasteiger partial charge in [0.25, 0.3) is 5.56 Å². The first-order valence-electron chi connectivity index (χ1n) is 10.2. The monoisotopic (exact) mass is 450 g/mol. The number of hydrogen-bond donors (Lipinski definition) is 1. The van der Waals surface area contributed by atoms with Crippen molar-refractivity contribution in [1.29, 1.82) is 0 Å². The van der Waals surface area contributed by atoms with E-state index in [1.165, 1.54) is 0 Å². The zero-order valence-electron chi connectivity index (χ0n) is 17.1. The molecule has 0 bridgehead atoms. The second kappa shape index (κ2) is 9.48. The van der Waals surface area contributed by atoms with Crippen LogP contribution in [0, 0.1) is 5.92 Å². The van der Waals surface area contributed by atoms with E-state index in [0.29, 0.717) is 11.9 Å². The highest BCUT2D eigenvalue weighted by Gasteiger charge is 2.29. The van der Waals surface area contributed by atoms with Crippen molar-refractivity contribution in [3.63, 3.8) is 0 Å². The first kappa shape index (κ1) is 21.4. The quantitative estimate of drug-likeness (QED) is 0.732. The fraction of sp³-hybridized carbons (Fsp3) is 0.619. The lowest BCUT2D eigenvalue weighted by atomic mass is 10.1. The van der Waals surface area contributed by atoms with E-state index in [0.717, 1.165) is 54.8 Å². The van der Waals surface area contributed by atoms with Gasteiger partial charge in [-0.1, -0.05) is 29.3 Å². The Balaban J connectivity index is 2.09. The third-order valence-corrected chi connectivity index (χ3v) is 6.15. The third kappa shape index (κ3) is 4.48. The molecule has 1 aliphatic rings. The van der Waals surface area contributed by atoms with Gasteiger partial charge < -0.3 is 10.0 Å². The average Bonchev–Trinajstić information content (AvgIpc) is 2.88. The third-order valence-electron chi connectivity index (χ3n) is 5.65. The van der Waals surface area contributed by atoms with Crippen LogP contribution < -0.4 is 5.56 Å². The first-order chi connectivity index (χ1) is 13.5. The molecular weight excluding hydrogens is 420 g/mol. The predicted molar refractivity (Wildman–Crippen MR) is 117 cm³/mol. The maximum atomic E-state index is 13.2. The predicted octanol–water partition coefficient (Wildman–Crippen LogP) is 2.88. The van der Waals surface area contributed by atoms with E-state index in [4.69, 9.17) is 4.98 Å². The highest BCUT2D eigenvalue weighted by molar-refractivity contribution is 9.10. The maximum Gasteiger partial charge on any atom is 0.261 e. The van der Waals surface area contributed by atoms with Crippen molar-refractivity contribution in [2.45, 2.75) is 39.3 Å². The number of hydrogen-bond acceptors (Lipinski definition) is 5. The minimum Gasteiger partial charge on any atom is -0.396 e. The van der Waals surface area contributed by atoms with Crippen molar-refractivity contribution in [2.24, 2.45) is 5.92 Å². The molecule has 1 aromatic heterocycles. The lowest BCUT2D eigenvalue weighted by Crippen LogP contribution is -2.38. The molecule has 0 radical (unpaired) electrons. The molecule has 1 saturated heterocycles. The Hall–Kier alpha value is -1.28. The SMILES string of the molecule is CCC[C@H](c1nc2ccc(Br)cc2c(=O)n1CC)N1CCN(C)C[C@@H](CO)C1. The van der Waals surface area contributed by atoms with Gasteiger partial charge in [-0.2, -0.15) is 0 Å². The first-order valence-corrected chi connectivity index (χ1v) is 11.0. The number of aliphatic hydroxyl groups excluding tert-OH is 1. The number of likely N-dealkylation sites (N-methyl/N-ethyl adjacent to an activating group) is 1. The van der Waals surface area contributed by atoms with Gasteiger partial charge in [-0.15, -0.1) is 0 Å². The van der Waals surface area contributed by atoms with E-state index in [-0.39, 0.29) is 24.1 Å². The normalized spacial score (nSPS) is 20.4. The van der Waals surface area contributed by atoms with Gasteiger partial charge in [0, 0.05) is 49.7 Å². The van der Waals surface area contributed by atoms with Gasteiger partial charge in [-0.05, 0) is 38.6 Å². The summed E-state index contributed by atoms with van der Waals surface area (Å²) < 4.78 is 2.72. The molecule has 0 saturated carbocycles. The van der Waals surface area contributed by atoms with E-state index >= 15 is 0 Å². The Bertz CT molecular complexity index is 869. The molecule has 2 atom stereocenters. The molecule has 1 aliphatic heterocycles. The van der Waals surface area contributed by atoms with Crippen LogP contribution in [-0.2, 0) is 6.54 Å². The second-order valence-electron chi connectivity index (χ2n) is 7.79. The number of rotatable bonds is 6. The van der Waals surface area contributed by atoms with Gasteiger partial charge in [-0.25, -0.2) is 4.98 Å². The van der Waals surface area contributed by atoms with Crippen molar-refractivity contribution in [3.05, 3.63) is 38.9 Å². The van der Waals surface area contributed by atoms with Crippen molar-refractivity contribution < 1.29 is 5.11 Å². The van der Waals surface area contributed by atoms with Crippen molar-refractivity contribution >= 4 is 26.8 Å². The fourth-order valence-electron chi connectivity index (χ4n) is 4.23. The number of fused-ring (bicyclic) bond motifs is 1. The summed E-state index contributed by atoms with van der Waals surface area (Å²) in [4.78, 5) is 22.9. The Morgan fingerprint density at radius 1 is 1.29 bits per heavy atom. The summed E-state index contributed by atoms with van der Waals surface area (Å²) in [6, 6.07) is 5.79. The minimum absolute atomic E-state index is 0.0237. The smallest absolute Gasteiger partial charge is 0.261 e. The molecule has 3 rings (SSSR count). The molecule has 28 heavy (non-hydrogen) atoms. The largest absolute Gasteiger partial charge is 0.396 e. The Kier molecular flexibility index (Phi) is 7.25. The molecule has 0 unspecified atom stereocenters. The van der Waals surface area contributed by atoms with Gasteiger partial charge in [-0.3, -0.25) is 14.3 Å². The molecule has 154 valence electrons. The maximum absolute atomic E-state index is 13.2. The fourth-order valence-corrected chi connectivity index (χ4v) is 4.59. The second-order valence-corrected chi connectivity index (χ2v) is 8.71. The van der Waals surface area contributed by atoms with Gasteiger partial charge in [0.2, 0.25) is 0 Å². The van der Waals surface area contributed by atoms with Crippen molar-refractivity contribution in [1.82, 2.24) is 19.4 Å². The van der Waals surface area contributed by atoms with Crippen LogP contribution in [0.25, 0.3) is 10.9 Å². The number of benzene rings is 1.